The third kappa shape index (κ3) is 5.09. The summed E-state index contributed by atoms with van der Waals surface area (Å²) in [4.78, 5) is 10.8. The summed E-state index contributed by atoms with van der Waals surface area (Å²) in [6, 6.07) is 2.05. The smallest absolute Gasteiger partial charge is 0.208 e. The van der Waals surface area contributed by atoms with Gasteiger partial charge in [0.25, 0.3) is 0 Å². The van der Waals surface area contributed by atoms with Crippen LogP contribution in [0.5, 0.6) is 0 Å². The Balaban J connectivity index is 2.07. The average Bonchev–Trinajstić information content (AvgIpc) is 2.36. The van der Waals surface area contributed by atoms with Crippen molar-refractivity contribution in [3.05, 3.63) is 17.0 Å². The van der Waals surface area contributed by atoms with Gasteiger partial charge in [-0.15, -0.1) is 0 Å². The van der Waals surface area contributed by atoms with Crippen molar-refractivity contribution in [3.63, 3.8) is 0 Å². The lowest BCUT2D eigenvalue weighted by Gasteiger charge is -2.37. The van der Waals surface area contributed by atoms with Crippen LogP contribution in [-0.2, 0) is 10.0 Å². The largest absolute Gasteiger partial charge is 0.353 e. The summed E-state index contributed by atoms with van der Waals surface area (Å²) in [5, 5.41) is 0.441. The Morgan fingerprint density at radius 1 is 1.43 bits per heavy atom. The molecule has 1 aliphatic heterocycles. The lowest BCUT2D eigenvalue weighted by Crippen LogP contribution is -2.42. The van der Waals surface area contributed by atoms with Gasteiger partial charge in [-0.25, -0.2) is 23.1 Å². The Morgan fingerprint density at radius 3 is 2.86 bits per heavy atom. The highest BCUT2D eigenvalue weighted by Gasteiger charge is 2.24. The standard InChI is InChI=1S/C13H21ClN4O2S/c1-10-16-12(14)9-13(17-10)18-8-4-3-5-11(18)6-7-15-21(2,19)20/h9,11,15H,3-8H2,1-2H3/t11-/m1/s1. The second-order valence-corrected chi connectivity index (χ2v) is 7.61. The van der Waals surface area contributed by atoms with Gasteiger partial charge >= 0.3 is 0 Å². The van der Waals surface area contributed by atoms with Gasteiger partial charge in [-0.2, -0.15) is 0 Å². The molecule has 0 saturated carbocycles. The molecule has 1 atom stereocenters. The highest BCUT2D eigenvalue weighted by Crippen LogP contribution is 2.26. The van der Waals surface area contributed by atoms with E-state index in [0.29, 0.717) is 17.5 Å². The third-order valence-electron chi connectivity index (χ3n) is 3.56. The van der Waals surface area contributed by atoms with Crippen molar-refractivity contribution in [2.24, 2.45) is 0 Å². The van der Waals surface area contributed by atoms with E-state index in [1.54, 1.807) is 6.07 Å². The van der Waals surface area contributed by atoms with E-state index in [1.165, 1.54) is 6.26 Å². The van der Waals surface area contributed by atoms with Gasteiger partial charge in [0.15, 0.2) is 0 Å². The molecular formula is C13H21ClN4O2S. The zero-order chi connectivity index (χ0) is 15.5. The number of hydrogen-bond donors (Lipinski definition) is 1. The number of nitrogens with zero attached hydrogens (tertiary/aromatic N) is 3. The van der Waals surface area contributed by atoms with E-state index < -0.39 is 10.0 Å². The fourth-order valence-electron chi connectivity index (χ4n) is 2.68. The molecule has 6 nitrogen and oxygen atoms in total. The second kappa shape index (κ2) is 6.89. The molecule has 8 heteroatoms. The first-order chi connectivity index (χ1) is 9.85. The van der Waals surface area contributed by atoms with Crippen molar-refractivity contribution in [1.29, 1.82) is 0 Å². The van der Waals surface area contributed by atoms with E-state index in [0.717, 1.165) is 38.0 Å². The molecule has 0 radical (unpaired) electrons. The molecule has 1 aliphatic rings. The quantitative estimate of drug-likeness (QED) is 0.831. The van der Waals surface area contributed by atoms with Gasteiger partial charge in [-0.05, 0) is 32.6 Å². The zero-order valence-electron chi connectivity index (χ0n) is 12.3. The monoisotopic (exact) mass is 332 g/mol. The summed E-state index contributed by atoms with van der Waals surface area (Å²) in [6.45, 7) is 3.17. The molecule has 0 amide bonds. The lowest BCUT2D eigenvalue weighted by atomic mass is 9.99. The fraction of sp³-hybridized carbons (Fsp3) is 0.692. The summed E-state index contributed by atoms with van der Waals surface area (Å²) in [7, 11) is -3.14. The molecule has 1 saturated heterocycles. The SMILES string of the molecule is Cc1nc(Cl)cc(N2CCCC[C@@H]2CCNS(C)(=O)=O)n1. The van der Waals surface area contributed by atoms with Crippen molar-refractivity contribution < 1.29 is 8.42 Å². The topological polar surface area (TPSA) is 75.2 Å². The average molecular weight is 333 g/mol. The number of hydrogen-bond acceptors (Lipinski definition) is 5. The number of aryl methyl sites for hydroxylation is 1. The Hall–Kier alpha value is -0.920. The summed E-state index contributed by atoms with van der Waals surface area (Å²) < 4.78 is 24.9. The third-order valence-corrected chi connectivity index (χ3v) is 4.48. The number of sulfonamides is 1. The lowest BCUT2D eigenvalue weighted by molar-refractivity contribution is 0.433. The van der Waals surface area contributed by atoms with E-state index in [9.17, 15) is 8.42 Å². The molecule has 2 rings (SSSR count). The molecule has 1 fully saturated rings. The number of rotatable bonds is 5. The Bertz CT molecular complexity index is 574. The first-order valence-electron chi connectivity index (χ1n) is 7.07. The Labute approximate surface area is 131 Å². The molecule has 0 aromatic carbocycles. The Morgan fingerprint density at radius 2 is 2.19 bits per heavy atom. The summed E-state index contributed by atoms with van der Waals surface area (Å²) in [5.41, 5.74) is 0. The molecule has 1 aromatic heterocycles. The molecule has 0 aliphatic carbocycles. The van der Waals surface area contributed by atoms with E-state index >= 15 is 0 Å². The van der Waals surface area contributed by atoms with Gasteiger partial charge in [-0.3, -0.25) is 0 Å². The van der Waals surface area contributed by atoms with Crippen LogP contribution < -0.4 is 9.62 Å². The maximum absolute atomic E-state index is 11.2. The van der Waals surface area contributed by atoms with Crippen LogP contribution in [0.2, 0.25) is 5.15 Å². The van der Waals surface area contributed by atoms with Gasteiger partial charge < -0.3 is 4.90 Å². The highest BCUT2D eigenvalue weighted by atomic mass is 35.5. The van der Waals surface area contributed by atoms with E-state index in [1.807, 2.05) is 6.92 Å². The number of aromatic nitrogens is 2. The molecular weight excluding hydrogens is 312 g/mol. The predicted molar refractivity (Wildman–Crippen MR) is 84.2 cm³/mol. The van der Waals surface area contributed by atoms with Crippen LogP contribution in [0, 0.1) is 6.92 Å². The summed E-state index contributed by atoms with van der Waals surface area (Å²) >= 11 is 6.01. The highest BCUT2D eigenvalue weighted by molar-refractivity contribution is 7.88. The van der Waals surface area contributed by atoms with Crippen LogP contribution in [0.1, 0.15) is 31.5 Å². The van der Waals surface area contributed by atoms with Crippen molar-refractivity contribution in [3.8, 4) is 0 Å². The van der Waals surface area contributed by atoms with Gasteiger partial charge in [0.1, 0.15) is 16.8 Å². The summed E-state index contributed by atoms with van der Waals surface area (Å²) in [6.07, 6.45) is 5.23. The fourth-order valence-corrected chi connectivity index (χ4v) is 3.39. The minimum atomic E-state index is -3.14. The van der Waals surface area contributed by atoms with Gasteiger partial charge in [0.2, 0.25) is 10.0 Å². The van der Waals surface area contributed by atoms with Gasteiger partial charge in [-0.1, -0.05) is 11.6 Å². The molecule has 1 aromatic rings. The molecule has 0 bridgehead atoms. The number of nitrogens with one attached hydrogen (secondary N) is 1. The molecule has 0 unspecified atom stereocenters. The minimum Gasteiger partial charge on any atom is -0.353 e. The molecule has 0 spiro atoms. The van der Waals surface area contributed by atoms with Crippen LogP contribution in [0.3, 0.4) is 0 Å². The van der Waals surface area contributed by atoms with Crippen LogP contribution in [0.4, 0.5) is 5.82 Å². The first-order valence-corrected chi connectivity index (χ1v) is 9.34. The summed E-state index contributed by atoms with van der Waals surface area (Å²) in [5.74, 6) is 1.48. The second-order valence-electron chi connectivity index (χ2n) is 5.39. The van der Waals surface area contributed by atoms with Crippen molar-refractivity contribution >= 4 is 27.4 Å². The Kier molecular flexibility index (Phi) is 5.40. The van der Waals surface area contributed by atoms with E-state index in [2.05, 4.69) is 19.6 Å². The van der Waals surface area contributed by atoms with E-state index in [4.69, 9.17) is 11.6 Å². The number of piperidine rings is 1. The normalized spacial score (nSPS) is 19.8. The van der Waals surface area contributed by atoms with Crippen molar-refractivity contribution in [2.75, 3.05) is 24.2 Å². The molecule has 1 N–H and O–H groups in total. The molecule has 2 heterocycles. The van der Waals surface area contributed by atoms with Gasteiger partial charge in [0, 0.05) is 25.2 Å². The maximum atomic E-state index is 11.2. The van der Waals surface area contributed by atoms with Crippen LogP contribution in [0.25, 0.3) is 0 Å². The number of anilines is 1. The first kappa shape index (κ1) is 16.5. The van der Waals surface area contributed by atoms with Crippen LogP contribution in [0.15, 0.2) is 6.07 Å². The molecule has 21 heavy (non-hydrogen) atoms. The van der Waals surface area contributed by atoms with Crippen LogP contribution in [-0.4, -0.2) is 43.8 Å². The van der Waals surface area contributed by atoms with Crippen molar-refractivity contribution in [1.82, 2.24) is 14.7 Å². The van der Waals surface area contributed by atoms with Crippen LogP contribution >= 0.6 is 11.6 Å². The van der Waals surface area contributed by atoms with Gasteiger partial charge in [0.05, 0.1) is 6.26 Å². The zero-order valence-corrected chi connectivity index (χ0v) is 13.9. The predicted octanol–water partition coefficient (Wildman–Crippen LogP) is 1.74. The van der Waals surface area contributed by atoms with E-state index in [-0.39, 0.29) is 6.04 Å². The molecule has 118 valence electrons. The number of halogens is 1. The maximum Gasteiger partial charge on any atom is 0.208 e. The minimum absolute atomic E-state index is 0.276. The van der Waals surface area contributed by atoms with Crippen molar-refractivity contribution in [2.45, 2.75) is 38.6 Å².